The van der Waals surface area contributed by atoms with Crippen molar-refractivity contribution in [1.82, 2.24) is 9.88 Å². The lowest BCUT2D eigenvalue weighted by molar-refractivity contribution is 0.0168. The first-order chi connectivity index (χ1) is 17.9. The molecule has 5 rings (SSSR count). The minimum atomic E-state index is -2.97. The van der Waals surface area contributed by atoms with Crippen molar-refractivity contribution in [2.75, 3.05) is 32.0 Å². The normalized spacial score (nSPS) is 14.9. The number of nitrogens with zero attached hydrogens (tertiary/aromatic N) is 2. The van der Waals surface area contributed by atoms with Crippen LogP contribution in [0.5, 0.6) is 17.2 Å². The molecule has 1 unspecified atom stereocenters. The van der Waals surface area contributed by atoms with Crippen LogP contribution in [-0.2, 0) is 9.71 Å². The van der Waals surface area contributed by atoms with Crippen LogP contribution in [0.1, 0.15) is 10.4 Å². The summed E-state index contributed by atoms with van der Waals surface area (Å²) in [5.41, 5.74) is 1.54. The molecule has 1 fully saturated rings. The molecule has 0 saturated carbocycles. The summed E-state index contributed by atoms with van der Waals surface area (Å²) in [6.07, 6.45) is 1.54. The molecule has 1 atom stereocenters. The number of rotatable bonds is 8. The second-order valence-electron chi connectivity index (χ2n) is 8.62. The lowest BCUT2D eigenvalue weighted by Crippen LogP contribution is -2.56. The van der Waals surface area contributed by atoms with Gasteiger partial charge in [-0.2, -0.15) is 0 Å². The Kier molecular flexibility index (Phi) is 6.62. The number of pyridine rings is 1. The van der Waals surface area contributed by atoms with Crippen molar-refractivity contribution < 1.29 is 23.2 Å². The molecule has 37 heavy (non-hydrogen) atoms. The van der Waals surface area contributed by atoms with Gasteiger partial charge >= 0.3 is 0 Å². The molecule has 9 heteroatoms. The molecule has 2 heterocycles. The van der Waals surface area contributed by atoms with Crippen LogP contribution in [-0.4, -0.2) is 59.3 Å². The molecule has 0 bridgehead atoms. The lowest BCUT2D eigenvalue weighted by Gasteiger charge is -2.39. The van der Waals surface area contributed by atoms with E-state index in [1.54, 1.807) is 42.5 Å². The van der Waals surface area contributed by atoms with E-state index in [1.807, 2.05) is 48.5 Å². The Morgan fingerprint density at radius 2 is 1.70 bits per heavy atom. The van der Waals surface area contributed by atoms with Gasteiger partial charge in [0.1, 0.15) is 11.9 Å². The zero-order chi connectivity index (χ0) is 26.0. The highest BCUT2D eigenvalue weighted by atomic mass is 32.2. The highest BCUT2D eigenvalue weighted by Crippen LogP contribution is 2.32. The molecule has 0 spiro atoms. The monoisotopic (exact) mass is 517 g/mol. The van der Waals surface area contributed by atoms with E-state index in [1.165, 1.54) is 7.11 Å². The number of carbonyl (C=O) groups excluding carboxylic acids is 1. The lowest BCUT2D eigenvalue weighted by atomic mass is 10.1. The van der Waals surface area contributed by atoms with Crippen molar-refractivity contribution in [2.24, 2.45) is 0 Å². The quantitative estimate of drug-likeness (QED) is 0.352. The zero-order valence-electron chi connectivity index (χ0n) is 20.5. The minimum Gasteiger partial charge on any atom is -0.495 e. The summed E-state index contributed by atoms with van der Waals surface area (Å²) in [5.74, 6) is 5.50. The van der Waals surface area contributed by atoms with E-state index in [4.69, 9.17) is 14.2 Å². The number of benzene rings is 3. The smallest absolute Gasteiger partial charge is 0.254 e. The molecule has 1 aliphatic heterocycles. The molecule has 0 aliphatic carbocycles. The number of likely N-dealkylation sites (tertiary alicyclic amines) is 1. The molecule has 1 aliphatic rings. The van der Waals surface area contributed by atoms with Crippen molar-refractivity contribution in [1.29, 1.82) is 0 Å². The number of nitrogens with one attached hydrogen (secondary N) is 1. The number of anilines is 1. The van der Waals surface area contributed by atoms with Crippen LogP contribution in [0, 0.1) is 0 Å². The summed E-state index contributed by atoms with van der Waals surface area (Å²) < 4.78 is 33.5. The molecule has 1 saturated heterocycles. The van der Waals surface area contributed by atoms with E-state index >= 15 is 0 Å². The Labute approximate surface area is 215 Å². The molecule has 3 aromatic carbocycles. The highest BCUT2D eigenvalue weighted by Gasteiger charge is 2.33. The number of hydrogen-bond donors (Lipinski definition) is 1. The van der Waals surface area contributed by atoms with E-state index in [-0.39, 0.29) is 12.0 Å². The van der Waals surface area contributed by atoms with Crippen LogP contribution >= 0.6 is 0 Å². The fraction of sp³-hybridized carbons (Fsp3) is 0.179. The largest absolute Gasteiger partial charge is 0.495 e. The van der Waals surface area contributed by atoms with Gasteiger partial charge in [-0.3, -0.25) is 9.78 Å². The van der Waals surface area contributed by atoms with Crippen LogP contribution in [0.15, 0.2) is 83.9 Å². The van der Waals surface area contributed by atoms with E-state index in [0.717, 1.165) is 5.39 Å². The third-order valence-corrected chi connectivity index (χ3v) is 7.76. The summed E-state index contributed by atoms with van der Waals surface area (Å²) in [6.45, 7) is 0.917. The maximum atomic E-state index is 13.6. The molecule has 0 radical (unpaired) electrons. The van der Waals surface area contributed by atoms with Gasteiger partial charge in [-0.05, 0) is 48.3 Å². The number of carbonyl (C=O) groups is 1. The van der Waals surface area contributed by atoms with E-state index < -0.39 is 9.71 Å². The van der Waals surface area contributed by atoms with Crippen LogP contribution in [0.2, 0.25) is 0 Å². The highest BCUT2D eigenvalue weighted by molar-refractivity contribution is 8.01. The standard InChI is InChI=1S/C28H27N3O5S/c1-34-23-10-4-5-11-24(23)36-21-17-31(18-21)28(32)20-13-14-22(25(16-20)35-2)30-37(3,33)26-12-6-8-19-9-7-15-29-27(19)26/h4-16,21H,3,17-18H2,1-2H3,(H,30,33). The third-order valence-electron chi connectivity index (χ3n) is 6.17. The number of fused-ring (bicyclic) bond motifs is 1. The fourth-order valence-corrected chi connectivity index (χ4v) is 5.66. The Balaban J connectivity index is 1.29. The Morgan fingerprint density at radius 3 is 2.46 bits per heavy atom. The molecule has 1 aromatic heterocycles. The number of ether oxygens (including phenoxy) is 3. The predicted octanol–water partition coefficient (Wildman–Crippen LogP) is 4.26. The first-order valence-corrected chi connectivity index (χ1v) is 13.4. The number of hydrogen-bond acceptors (Lipinski definition) is 6. The average Bonchev–Trinajstić information content (AvgIpc) is 2.90. The second kappa shape index (κ2) is 10.0. The van der Waals surface area contributed by atoms with Crippen LogP contribution < -0.4 is 18.9 Å². The Morgan fingerprint density at radius 1 is 0.973 bits per heavy atom. The number of methoxy groups -OCH3 is 2. The van der Waals surface area contributed by atoms with Gasteiger partial charge in [0.05, 0.1) is 53.1 Å². The summed E-state index contributed by atoms with van der Waals surface area (Å²) >= 11 is 0. The minimum absolute atomic E-state index is 0.117. The molecule has 1 amide bonds. The number of para-hydroxylation sites is 3. The fourth-order valence-electron chi connectivity index (χ4n) is 4.24. The average molecular weight is 518 g/mol. The van der Waals surface area contributed by atoms with Gasteiger partial charge in [0.2, 0.25) is 0 Å². The van der Waals surface area contributed by atoms with Crippen LogP contribution in [0.4, 0.5) is 5.69 Å². The van der Waals surface area contributed by atoms with Gasteiger partial charge in [0.15, 0.2) is 11.5 Å². The predicted molar refractivity (Wildman–Crippen MR) is 145 cm³/mol. The van der Waals surface area contributed by atoms with Gasteiger partial charge in [-0.1, -0.05) is 30.3 Å². The van der Waals surface area contributed by atoms with Gasteiger partial charge in [-0.25, -0.2) is 4.21 Å². The first kappa shape index (κ1) is 24.5. The van der Waals surface area contributed by atoms with Gasteiger partial charge < -0.3 is 23.8 Å². The van der Waals surface area contributed by atoms with Crippen molar-refractivity contribution in [3.05, 3.63) is 84.6 Å². The SMILES string of the molecule is C=S(=O)(Nc1ccc(C(=O)N2CC(Oc3ccccc3OC)C2)cc1OC)c1cccc2cccnc12. The van der Waals surface area contributed by atoms with Gasteiger partial charge in [0.25, 0.3) is 5.91 Å². The molecular weight excluding hydrogens is 490 g/mol. The molecule has 1 N–H and O–H groups in total. The molecule has 190 valence electrons. The topological polar surface area (TPSA) is 90.0 Å². The van der Waals surface area contributed by atoms with Crippen molar-refractivity contribution >= 4 is 38.1 Å². The van der Waals surface area contributed by atoms with E-state index in [0.29, 0.717) is 52.0 Å². The second-order valence-corrected chi connectivity index (χ2v) is 10.6. The number of aromatic nitrogens is 1. The summed E-state index contributed by atoms with van der Waals surface area (Å²) in [6, 6.07) is 21.6. The van der Waals surface area contributed by atoms with Crippen molar-refractivity contribution in [3.63, 3.8) is 0 Å². The van der Waals surface area contributed by atoms with E-state index in [2.05, 4.69) is 15.6 Å². The Bertz CT molecular complexity index is 1560. The van der Waals surface area contributed by atoms with Gasteiger partial charge in [-0.15, -0.1) is 0 Å². The molecule has 8 nitrogen and oxygen atoms in total. The summed E-state index contributed by atoms with van der Waals surface area (Å²) in [7, 11) is 0.121. The maximum Gasteiger partial charge on any atom is 0.254 e. The first-order valence-electron chi connectivity index (χ1n) is 11.7. The van der Waals surface area contributed by atoms with Gasteiger partial charge in [0, 0.05) is 17.1 Å². The summed E-state index contributed by atoms with van der Waals surface area (Å²) in [4.78, 5) is 19.7. The number of amides is 1. The molecule has 4 aromatic rings. The van der Waals surface area contributed by atoms with Crippen molar-refractivity contribution in [2.45, 2.75) is 11.0 Å². The van der Waals surface area contributed by atoms with Crippen LogP contribution in [0.25, 0.3) is 10.9 Å². The Hall–Kier alpha value is -4.24. The summed E-state index contributed by atoms with van der Waals surface area (Å²) in [5, 5.41) is 0.869. The molecular formula is C28H27N3O5S. The zero-order valence-corrected chi connectivity index (χ0v) is 21.4. The van der Waals surface area contributed by atoms with Crippen LogP contribution in [0.3, 0.4) is 0 Å². The van der Waals surface area contributed by atoms with E-state index in [9.17, 15) is 9.00 Å². The third kappa shape index (κ3) is 4.90. The van der Waals surface area contributed by atoms with Crippen molar-refractivity contribution in [3.8, 4) is 17.2 Å². The maximum absolute atomic E-state index is 13.6.